The number of urea groups is 1. The Labute approximate surface area is 136 Å². The number of aromatic nitrogens is 1. The van der Waals surface area contributed by atoms with Crippen molar-refractivity contribution in [2.24, 2.45) is 0 Å². The predicted molar refractivity (Wildman–Crippen MR) is 89.4 cm³/mol. The fraction of sp³-hybridized carbons (Fsp3) is 0.444. The van der Waals surface area contributed by atoms with Crippen molar-refractivity contribution in [2.75, 3.05) is 11.9 Å². The van der Waals surface area contributed by atoms with E-state index in [9.17, 15) is 4.79 Å². The molecule has 2 aromatic rings. The minimum absolute atomic E-state index is 0.00908. The van der Waals surface area contributed by atoms with Gasteiger partial charge < -0.3 is 14.7 Å². The Hall–Kier alpha value is -2.30. The minimum Gasteiger partial charge on any atom is -0.361 e. The molecular formula is C18H23N3O2. The van der Waals surface area contributed by atoms with Crippen LogP contribution in [0.25, 0.3) is 0 Å². The second kappa shape index (κ2) is 6.86. The van der Waals surface area contributed by atoms with Crippen molar-refractivity contribution in [1.29, 1.82) is 0 Å². The number of benzene rings is 1. The van der Waals surface area contributed by atoms with E-state index >= 15 is 0 Å². The van der Waals surface area contributed by atoms with Crippen molar-refractivity contribution in [1.82, 2.24) is 10.1 Å². The molecule has 1 aliphatic heterocycles. The number of hydrogen-bond donors (Lipinski definition) is 1. The Balaban J connectivity index is 1.70. The van der Waals surface area contributed by atoms with Gasteiger partial charge in [0.2, 0.25) is 0 Å². The summed E-state index contributed by atoms with van der Waals surface area (Å²) in [6.07, 6.45) is 3.83. The predicted octanol–water partition coefficient (Wildman–Crippen LogP) is 4.30. The smallest absolute Gasteiger partial charge is 0.322 e. The maximum absolute atomic E-state index is 12.6. The highest BCUT2D eigenvalue weighted by molar-refractivity contribution is 5.89. The van der Waals surface area contributed by atoms with Gasteiger partial charge in [0.1, 0.15) is 11.5 Å². The van der Waals surface area contributed by atoms with E-state index < -0.39 is 0 Å². The van der Waals surface area contributed by atoms with Gasteiger partial charge in [0, 0.05) is 24.7 Å². The molecule has 0 radical (unpaired) electrons. The largest absolute Gasteiger partial charge is 0.361 e. The molecule has 1 saturated heterocycles. The van der Waals surface area contributed by atoms with Crippen LogP contribution in [0.2, 0.25) is 0 Å². The molecule has 5 heteroatoms. The first-order chi connectivity index (χ1) is 11.2. The van der Waals surface area contributed by atoms with Gasteiger partial charge in [-0.3, -0.25) is 0 Å². The Morgan fingerprint density at radius 1 is 1.39 bits per heavy atom. The zero-order valence-corrected chi connectivity index (χ0v) is 13.7. The minimum atomic E-state index is -0.0728. The van der Waals surface area contributed by atoms with Gasteiger partial charge >= 0.3 is 6.03 Å². The molecular weight excluding hydrogens is 290 g/mol. The number of nitrogens with zero attached hydrogens (tertiary/aromatic N) is 2. The summed E-state index contributed by atoms with van der Waals surface area (Å²) < 4.78 is 5.37. The second-order valence-corrected chi connectivity index (χ2v) is 6.12. The van der Waals surface area contributed by atoms with Crippen LogP contribution in [0.1, 0.15) is 49.2 Å². The molecule has 5 nitrogen and oxygen atoms in total. The van der Waals surface area contributed by atoms with E-state index in [4.69, 9.17) is 4.52 Å². The first-order valence-corrected chi connectivity index (χ1v) is 8.27. The summed E-state index contributed by atoms with van der Waals surface area (Å²) in [6.45, 7) is 4.89. The first kappa shape index (κ1) is 15.6. The van der Waals surface area contributed by atoms with Gasteiger partial charge in [0.15, 0.2) is 0 Å². The lowest BCUT2D eigenvalue weighted by atomic mass is 10.1. The van der Waals surface area contributed by atoms with Crippen molar-refractivity contribution in [2.45, 2.75) is 45.6 Å². The molecule has 1 aromatic carbocycles. The molecule has 0 saturated carbocycles. The Morgan fingerprint density at radius 3 is 2.91 bits per heavy atom. The molecule has 1 fully saturated rings. The molecule has 0 spiro atoms. The van der Waals surface area contributed by atoms with Crippen LogP contribution in [-0.4, -0.2) is 22.6 Å². The highest BCUT2D eigenvalue weighted by Gasteiger charge is 2.32. The lowest BCUT2D eigenvalue weighted by molar-refractivity contribution is 0.204. The van der Waals surface area contributed by atoms with Crippen molar-refractivity contribution < 1.29 is 9.32 Å². The molecule has 2 amide bonds. The van der Waals surface area contributed by atoms with Gasteiger partial charge in [-0.1, -0.05) is 29.8 Å². The number of carbonyl (C=O) groups is 1. The number of amides is 2. The lowest BCUT2D eigenvalue weighted by Crippen LogP contribution is -2.34. The summed E-state index contributed by atoms with van der Waals surface area (Å²) in [5.41, 5.74) is 2.86. The van der Waals surface area contributed by atoms with Gasteiger partial charge in [-0.2, -0.15) is 0 Å². The average molecular weight is 313 g/mol. The third-order valence-corrected chi connectivity index (χ3v) is 4.23. The molecule has 0 unspecified atom stereocenters. The third-order valence-electron chi connectivity index (χ3n) is 4.23. The number of carbonyl (C=O) groups excluding carboxylic acids is 1. The number of hydrogen-bond acceptors (Lipinski definition) is 3. The van der Waals surface area contributed by atoms with Crippen LogP contribution in [0.4, 0.5) is 10.5 Å². The van der Waals surface area contributed by atoms with Gasteiger partial charge in [0.05, 0.1) is 6.04 Å². The fourth-order valence-electron chi connectivity index (χ4n) is 3.00. The molecule has 0 aliphatic carbocycles. The highest BCUT2D eigenvalue weighted by Crippen LogP contribution is 2.32. The monoisotopic (exact) mass is 313 g/mol. The van der Waals surface area contributed by atoms with E-state index in [0.717, 1.165) is 49.4 Å². The van der Waals surface area contributed by atoms with E-state index in [1.165, 1.54) is 5.56 Å². The summed E-state index contributed by atoms with van der Waals surface area (Å²) in [5, 5.41) is 7.14. The van der Waals surface area contributed by atoms with Gasteiger partial charge in [-0.05, 0) is 38.3 Å². The van der Waals surface area contributed by atoms with Gasteiger partial charge in [-0.15, -0.1) is 0 Å². The molecule has 1 aromatic heterocycles. The quantitative estimate of drug-likeness (QED) is 0.915. The molecule has 23 heavy (non-hydrogen) atoms. The second-order valence-electron chi connectivity index (χ2n) is 6.12. The normalized spacial score (nSPS) is 17.5. The summed E-state index contributed by atoms with van der Waals surface area (Å²) in [6, 6.07) is 9.76. The van der Waals surface area contributed by atoms with E-state index in [0.29, 0.717) is 0 Å². The summed E-state index contributed by atoms with van der Waals surface area (Å²) in [4.78, 5) is 14.4. The van der Waals surface area contributed by atoms with E-state index in [2.05, 4.69) is 17.4 Å². The van der Waals surface area contributed by atoms with Crippen LogP contribution >= 0.6 is 0 Å². The summed E-state index contributed by atoms with van der Waals surface area (Å²) in [7, 11) is 0. The molecule has 122 valence electrons. The molecule has 1 atom stereocenters. The number of aryl methyl sites for hydroxylation is 2. The topological polar surface area (TPSA) is 58.4 Å². The van der Waals surface area contributed by atoms with Crippen LogP contribution in [0.15, 0.2) is 34.9 Å². The SMILES string of the molecule is CCCc1cc([C@@H]2CCCN2C(=O)Nc2ccc(C)cc2)no1. The van der Waals surface area contributed by atoms with Crippen LogP contribution in [0, 0.1) is 6.92 Å². The van der Waals surface area contributed by atoms with Crippen LogP contribution in [0.5, 0.6) is 0 Å². The van der Waals surface area contributed by atoms with Crippen LogP contribution < -0.4 is 5.32 Å². The van der Waals surface area contributed by atoms with Crippen molar-refractivity contribution in [3.05, 3.63) is 47.3 Å². The standard InChI is InChI=1S/C18H23N3O2/c1-3-5-15-12-16(20-23-15)17-6-4-11-21(17)18(22)19-14-9-7-13(2)8-10-14/h7-10,12,17H,3-6,11H2,1-2H3,(H,19,22)/t17-/m0/s1. The number of anilines is 1. The Kier molecular flexibility index (Phi) is 4.65. The fourth-order valence-corrected chi connectivity index (χ4v) is 3.00. The first-order valence-electron chi connectivity index (χ1n) is 8.27. The Morgan fingerprint density at radius 2 is 2.17 bits per heavy atom. The van der Waals surface area contributed by atoms with E-state index in [1.54, 1.807) is 0 Å². The van der Waals surface area contributed by atoms with Crippen LogP contribution in [-0.2, 0) is 6.42 Å². The molecule has 0 bridgehead atoms. The highest BCUT2D eigenvalue weighted by atomic mass is 16.5. The Bertz CT molecular complexity index is 663. The van der Waals surface area contributed by atoms with Crippen LogP contribution in [0.3, 0.4) is 0 Å². The molecule has 3 rings (SSSR count). The van der Waals surface area contributed by atoms with E-state index in [-0.39, 0.29) is 12.1 Å². The zero-order chi connectivity index (χ0) is 16.2. The van der Waals surface area contributed by atoms with Gasteiger partial charge in [0.25, 0.3) is 0 Å². The summed E-state index contributed by atoms with van der Waals surface area (Å²) >= 11 is 0. The zero-order valence-electron chi connectivity index (χ0n) is 13.7. The average Bonchev–Trinajstić information content (AvgIpc) is 3.18. The molecule has 1 aliphatic rings. The third kappa shape index (κ3) is 3.55. The molecule has 2 heterocycles. The van der Waals surface area contributed by atoms with Crippen molar-refractivity contribution in [3.63, 3.8) is 0 Å². The van der Waals surface area contributed by atoms with Crippen molar-refractivity contribution >= 4 is 11.7 Å². The number of nitrogens with one attached hydrogen (secondary N) is 1. The van der Waals surface area contributed by atoms with E-state index in [1.807, 2.05) is 42.2 Å². The maximum Gasteiger partial charge on any atom is 0.322 e. The molecule has 1 N–H and O–H groups in total. The number of rotatable bonds is 4. The maximum atomic E-state index is 12.6. The lowest BCUT2D eigenvalue weighted by Gasteiger charge is -2.23. The number of likely N-dealkylation sites (tertiary alicyclic amines) is 1. The van der Waals surface area contributed by atoms with Crippen molar-refractivity contribution in [3.8, 4) is 0 Å². The van der Waals surface area contributed by atoms with Gasteiger partial charge in [-0.25, -0.2) is 4.79 Å². The summed E-state index contributed by atoms with van der Waals surface area (Å²) in [5.74, 6) is 0.897.